The Morgan fingerprint density at radius 2 is 2.33 bits per heavy atom. The van der Waals surface area contributed by atoms with E-state index in [0.29, 0.717) is 13.0 Å². The van der Waals surface area contributed by atoms with Crippen LogP contribution in [0.15, 0.2) is 22.7 Å². The molecule has 1 amide bonds. The van der Waals surface area contributed by atoms with Crippen LogP contribution < -0.4 is 10.2 Å². The second-order valence-electron chi connectivity index (χ2n) is 4.46. The summed E-state index contributed by atoms with van der Waals surface area (Å²) in [4.78, 5) is 14.1. The fraction of sp³-hybridized carbons (Fsp3) is 0.462. The van der Waals surface area contributed by atoms with E-state index < -0.39 is 0 Å². The third-order valence-corrected chi connectivity index (χ3v) is 3.74. The summed E-state index contributed by atoms with van der Waals surface area (Å²) in [5.74, 6) is 0.0276. The maximum Gasteiger partial charge on any atom is 0.244 e. The monoisotopic (exact) mass is 312 g/mol. The number of hydrogen-bond donors (Lipinski definition) is 2. The van der Waals surface area contributed by atoms with Gasteiger partial charge in [-0.3, -0.25) is 4.79 Å². The van der Waals surface area contributed by atoms with Gasteiger partial charge in [-0.1, -0.05) is 6.07 Å². The van der Waals surface area contributed by atoms with Crippen molar-refractivity contribution in [2.45, 2.75) is 19.4 Å². The van der Waals surface area contributed by atoms with E-state index in [2.05, 4.69) is 21.2 Å². The zero-order valence-corrected chi connectivity index (χ0v) is 11.9. The van der Waals surface area contributed by atoms with E-state index in [1.54, 1.807) is 4.90 Å². The summed E-state index contributed by atoms with van der Waals surface area (Å²) in [6.45, 7) is 3.44. The molecule has 1 heterocycles. The first-order valence-corrected chi connectivity index (χ1v) is 6.84. The lowest BCUT2D eigenvalue weighted by atomic mass is 10.1. The van der Waals surface area contributed by atoms with Gasteiger partial charge in [-0.05, 0) is 47.0 Å². The van der Waals surface area contributed by atoms with Gasteiger partial charge in [0.1, 0.15) is 0 Å². The molecule has 0 spiro atoms. The molecule has 0 aromatic heterocycles. The number of hydrogen-bond acceptors (Lipinski definition) is 3. The fourth-order valence-electron chi connectivity index (χ4n) is 2.16. The number of aliphatic hydroxyl groups excluding tert-OH is 1. The molecular weight excluding hydrogens is 296 g/mol. The van der Waals surface area contributed by atoms with Crippen LogP contribution in [0.5, 0.6) is 0 Å². The Bertz CT molecular complexity index is 449. The maximum absolute atomic E-state index is 12.3. The zero-order valence-electron chi connectivity index (χ0n) is 10.3. The quantitative estimate of drug-likeness (QED) is 0.888. The minimum Gasteiger partial charge on any atom is -0.396 e. The van der Waals surface area contributed by atoms with Crippen LogP contribution in [-0.2, 0) is 4.79 Å². The number of nitrogens with one attached hydrogen (secondary N) is 1. The average Bonchev–Trinajstić information content (AvgIpc) is 2.33. The topological polar surface area (TPSA) is 52.6 Å². The summed E-state index contributed by atoms with van der Waals surface area (Å²) in [5, 5.41) is 12.1. The van der Waals surface area contributed by atoms with Crippen LogP contribution >= 0.6 is 15.9 Å². The summed E-state index contributed by atoms with van der Waals surface area (Å²) in [6, 6.07) is 5.68. The first kappa shape index (κ1) is 13.5. The van der Waals surface area contributed by atoms with Crippen molar-refractivity contribution in [3.63, 3.8) is 0 Å². The average molecular weight is 313 g/mol. The Balaban J connectivity index is 2.24. The molecule has 1 aliphatic heterocycles. The molecule has 1 fully saturated rings. The Morgan fingerprint density at radius 3 is 3.00 bits per heavy atom. The van der Waals surface area contributed by atoms with Crippen LogP contribution in [0, 0.1) is 6.92 Å². The van der Waals surface area contributed by atoms with E-state index in [-0.39, 0.29) is 18.6 Å². The second kappa shape index (κ2) is 5.82. The van der Waals surface area contributed by atoms with E-state index in [1.807, 2.05) is 25.1 Å². The number of nitrogens with zero attached hydrogens (tertiary/aromatic N) is 1. The van der Waals surface area contributed by atoms with Gasteiger partial charge in [0.25, 0.3) is 0 Å². The van der Waals surface area contributed by atoms with Crippen molar-refractivity contribution in [2.24, 2.45) is 0 Å². The Labute approximate surface area is 115 Å². The standard InChI is InChI=1S/C13H17BrN2O2/c1-9-2-3-12(10(14)8-9)16-6-5-15-11(4-7-17)13(16)18/h2-3,8,11,15,17H,4-7H2,1H3. The summed E-state index contributed by atoms with van der Waals surface area (Å²) in [6.07, 6.45) is 0.457. The molecule has 1 aliphatic rings. The predicted molar refractivity (Wildman–Crippen MR) is 74.7 cm³/mol. The minimum absolute atomic E-state index is 0.0202. The third-order valence-electron chi connectivity index (χ3n) is 3.10. The summed E-state index contributed by atoms with van der Waals surface area (Å²) in [7, 11) is 0. The first-order chi connectivity index (χ1) is 8.63. The van der Waals surface area contributed by atoms with Gasteiger partial charge in [-0.15, -0.1) is 0 Å². The lowest BCUT2D eigenvalue weighted by molar-refractivity contribution is -0.122. The molecular formula is C13H17BrN2O2. The lowest BCUT2D eigenvalue weighted by Gasteiger charge is -2.33. The lowest BCUT2D eigenvalue weighted by Crippen LogP contribution is -2.55. The van der Waals surface area contributed by atoms with Crippen molar-refractivity contribution in [2.75, 3.05) is 24.6 Å². The highest BCUT2D eigenvalue weighted by Gasteiger charge is 2.29. The molecule has 0 bridgehead atoms. The second-order valence-corrected chi connectivity index (χ2v) is 5.32. The van der Waals surface area contributed by atoms with Crippen LogP contribution in [0.4, 0.5) is 5.69 Å². The van der Waals surface area contributed by atoms with Gasteiger partial charge in [0.15, 0.2) is 0 Å². The molecule has 98 valence electrons. The Hall–Kier alpha value is -0.910. The van der Waals surface area contributed by atoms with Crippen LogP contribution in [0.2, 0.25) is 0 Å². The Kier molecular flexibility index (Phi) is 4.37. The minimum atomic E-state index is -0.281. The number of rotatable bonds is 3. The van der Waals surface area contributed by atoms with Crippen molar-refractivity contribution in [1.29, 1.82) is 0 Å². The number of benzene rings is 1. The highest BCUT2D eigenvalue weighted by atomic mass is 79.9. The van der Waals surface area contributed by atoms with Crippen molar-refractivity contribution in [1.82, 2.24) is 5.32 Å². The predicted octanol–water partition coefficient (Wildman–Crippen LogP) is 1.44. The molecule has 1 aromatic rings. The van der Waals surface area contributed by atoms with E-state index in [4.69, 9.17) is 5.11 Å². The van der Waals surface area contributed by atoms with Gasteiger partial charge >= 0.3 is 0 Å². The normalized spacial score (nSPS) is 20.3. The van der Waals surface area contributed by atoms with Gasteiger partial charge in [0.2, 0.25) is 5.91 Å². The smallest absolute Gasteiger partial charge is 0.244 e. The number of amides is 1. The molecule has 18 heavy (non-hydrogen) atoms. The van der Waals surface area contributed by atoms with Gasteiger partial charge < -0.3 is 15.3 Å². The number of piperazine rings is 1. The van der Waals surface area contributed by atoms with Gasteiger partial charge in [-0.2, -0.15) is 0 Å². The fourth-order valence-corrected chi connectivity index (χ4v) is 2.87. The van der Waals surface area contributed by atoms with Crippen molar-refractivity contribution in [3.05, 3.63) is 28.2 Å². The Morgan fingerprint density at radius 1 is 1.56 bits per heavy atom. The van der Waals surface area contributed by atoms with Gasteiger partial charge in [0, 0.05) is 24.2 Å². The molecule has 1 unspecified atom stereocenters. The molecule has 1 aromatic carbocycles. The van der Waals surface area contributed by atoms with E-state index in [0.717, 1.165) is 22.3 Å². The molecule has 5 heteroatoms. The molecule has 4 nitrogen and oxygen atoms in total. The maximum atomic E-state index is 12.3. The van der Waals surface area contributed by atoms with Crippen LogP contribution in [-0.4, -0.2) is 36.8 Å². The number of carbonyl (C=O) groups is 1. The zero-order chi connectivity index (χ0) is 13.1. The summed E-state index contributed by atoms with van der Waals surface area (Å²) >= 11 is 3.51. The van der Waals surface area contributed by atoms with Crippen LogP contribution in [0.1, 0.15) is 12.0 Å². The first-order valence-electron chi connectivity index (χ1n) is 6.05. The molecule has 0 saturated carbocycles. The van der Waals surface area contributed by atoms with E-state index in [1.165, 1.54) is 0 Å². The molecule has 1 saturated heterocycles. The van der Waals surface area contributed by atoms with Crippen LogP contribution in [0.3, 0.4) is 0 Å². The highest BCUT2D eigenvalue weighted by molar-refractivity contribution is 9.10. The van der Waals surface area contributed by atoms with Gasteiger partial charge in [-0.25, -0.2) is 0 Å². The largest absolute Gasteiger partial charge is 0.396 e. The summed E-state index contributed by atoms with van der Waals surface area (Å²) in [5.41, 5.74) is 2.05. The molecule has 2 N–H and O–H groups in total. The van der Waals surface area contributed by atoms with Gasteiger partial charge in [0.05, 0.1) is 11.7 Å². The number of aliphatic hydroxyl groups is 1. The molecule has 2 rings (SSSR count). The summed E-state index contributed by atoms with van der Waals surface area (Å²) < 4.78 is 0.931. The SMILES string of the molecule is Cc1ccc(N2CCNC(CCO)C2=O)c(Br)c1. The number of anilines is 1. The highest BCUT2D eigenvalue weighted by Crippen LogP contribution is 2.28. The third kappa shape index (κ3) is 2.74. The van der Waals surface area contributed by atoms with Crippen molar-refractivity contribution >= 4 is 27.5 Å². The molecule has 0 radical (unpaired) electrons. The van der Waals surface area contributed by atoms with E-state index in [9.17, 15) is 4.79 Å². The molecule has 1 atom stereocenters. The van der Waals surface area contributed by atoms with Crippen LogP contribution in [0.25, 0.3) is 0 Å². The molecule has 0 aliphatic carbocycles. The number of aryl methyl sites for hydroxylation is 1. The number of carbonyl (C=O) groups excluding carboxylic acids is 1. The van der Waals surface area contributed by atoms with Crippen molar-refractivity contribution in [3.8, 4) is 0 Å². The van der Waals surface area contributed by atoms with E-state index >= 15 is 0 Å². The van der Waals surface area contributed by atoms with Crippen molar-refractivity contribution < 1.29 is 9.90 Å². The number of halogens is 1.